The number of hydrogen-bond acceptors (Lipinski definition) is 3. The summed E-state index contributed by atoms with van der Waals surface area (Å²) in [6.45, 7) is 4.90. The van der Waals surface area contributed by atoms with Crippen molar-refractivity contribution in [3.63, 3.8) is 0 Å². The quantitative estimate of drug-likeness (QED) is 0.779. The molecule has 0 aliphatic carbocycles. The van der Waals surface area contributed by atoms with E-state index in [9.17, 15) is 0 Å². The van der Waals surface area contributed by atoms with Crippen LogP contribution >= 0.6 is 0 Å². The first-order valence-electron chi connectivity index (χ1n) is 6.04. The van der Waals surface area contributed by atoms with E-state index < -0.39 is 7.12 Å². The lowest BCUT2D eigenvalue weighted by molar-refractivity contribution is 0.425. The topological polar surface area (TPSA) is 58.3 Å². The lowest BCUT2D eigenvalue weighted by Gasteiger charge is -2.11. The molecule has 1 aromatic heterocycles. The van der Waals surface area contributed by atoms with Gasteiger partial charge in [0.2, 0.25) is 0 Å². The number of rotatable bonds is 4. The van der Waals surface area contributed by atoms with Gasteiger partial charge < -0.3 is 14.6 Å². The van der Waals surface area contributed by atoms with Gasteiger partial charge in [-0.1, -0.05) is 38.1 Å². The summed E-state index contributed by atoms with van der Waals surface area (Å²) < 4.78 is 2.08. The van der Waals surface area contributed by atoms with Crippen LogP contribution in [0.15, 0.2) is 36.7 Å². The first-order valence-corrected chi connectivity index (χ1v) is 6.04. The molecule has 2 aromatic rings. The fourth-order valence-corrected chi connectivity index (χ4v) is 2.00. The number of imidazole rings is 1. The second-order valence-corrected chi connectivity index (χ2v) is 4.69. The van der Waals surface area contributed by atoms with Crippen LogP contribution in [0, 0.1) is 0 Å². The average molecular weight is 244 g/mol. The standard InChI is InChI=1S/C13H17BN2O2/c1-10(2)13-15-6-7-16(13)9-11-4-3-5-12(8-11)14(17)18/h3-8,10,17-18H,9H2,1-2H3. The Labute approximate surface area is 107 Å². The van der Waals surface area contributed by atoms with Crippen LogP contribution in [0.2, 0.25) is 0 Å². The molecule has 0 fully saturated rings. The van der Waals surface area contributed by atoms with Gasteiger partial charge in [0.15, 0.2) is 0 Å². The Morgan fingerprint density at radius 1 is 1.33 bits per heavy atom. The maximum absolute atomic E-state index is 9.15. The van der Waals surface area contributed by atoms with Gasteiger partial charge in [0.25, 0.3) is 0 Å². The van der Waals surface area contributed by atoms with Crippen LogP contribution < -0.4 is 5.46 Å². The molecular formula is C13H17BN2O2. The van der Waals surface area contributed by atoms with Crippen LogP contribution in [-0.2, 0) is 6.54 Å². The van der Waals surface area contributed by atoms with E-state index in [4.69, 9.17) is 10.0 Å². The van der Waals surface area contributed by atoms with Gasteiger partial charge in [-0.05, 0) is 11.0 Å². The number of benzene rings is 1. The molecule has 0 radical (unpaired) electrons. The zero-order valence-electron chi connectivity index (χ0n) is 10.6. The summed E-state index contributed by atoms with van der Waals surface area (Å²) >= 11 is 0. The molecule has 0 atom stereocenters. The highest BCUT2D eigenvalue weighted by molar-refractivity contribution is 6.58. The van der Waals surface area contributed by atoms with Crippen molar-refractivity contribution in [3.8, 4) is 0 Å². The molecule has 94 valence electrons. The van der Waals surface area contributed by atoms with Gasteiger partial charge in [-0.25, -0.2) is 4.98 Å². The molecule has 18 heavy (non-hydrogen) atoms. The van der Waals surface area contributed by atoms with Crippen LogP contribution in [0.3, 0.4) is 0 Å². The van der Waals surface area contributed by atoms with Crippen molar-refractivity contribution in [2.45, 2.75) is 26.3 Å². The van der Waals surface area contributed by atoms with Crippen molar-refractivity contribution in [3.05, 3.63) is 48.0 Å². The van der Waals surface area contributed by atoms with E-state index in [1.165, 1.54) is 0 Å². The fourth-order valence-electron chi connectivity index (χ4n) is 2.00. The molecule has 2 rings (SSSR count). The summed E-state index contributed by atoms with van der Waals surface area (Å²) in [4.78, 5) is 4.33. The first kappa shape index (κ1) is 12.9. The predicted molar refractivity (Wildman–Crippen MR) is 71.7 cm³/mol. The van der Waals surface area contributed by atoms with Crippen molar-refractivity contribution in [1.82, 2.24) is 9.55 Å². The van der Waals surface area contributed by atoms with Crippen molar-refractivity contribution < 1.29 is 10.0 Å². The van der Waals surface area contributed by atoms with Gasteiger partial charge in [0.1, 0.15) is 5.82 Å². The highest BCUT2D eigenvalue weighted by Crippen LogP contribution is 2.13. The number of aromatic nitrogens is 2. The molecular weight excluding hydrogens is 227 g/mol. The van der Waals surface area contributed by atoms with E-state index in [-0.39, 0.29) is 0 Å². The molecule has 0 unspecified atom stereocenters. The summed E-state index contributed by atoms with van der Waals surface area (Å²) in [6, 6.07) is 7.30. The molecule has 4 nitrogen and oxygen atoms in total. The molecule has 5 heteroatoms. The van der Waals surface area contributed by atoms with Crippen LogP contribution in [0.25, 0.3) is 0 Å². The SMILES string of the molecule is CC(C)c1nccn1Cc1cccc(B(O)O)c1. The van der Waals surface area contributed by atoms with E-state index in [0.29, 0.717) is 17.9 Å². The Kier molecular flexibility index (Phi) is 3.84. The maximum atomic E-state index is 9.15. The third kappa shape index (κ3) is 2.80. The molecule has 0 bridgehead atoms. The summed E-state index contributed by atoms with van der Waals surface area (Å²) in [5.74, 6) is 1.40. The van der Waals surface area contributed by atoms with Crippen molar-refractivity contribution >= 4 is 12.6 Å². The monoisotopic (exact) mass is 244 g/mol. The van der Waals surface area contributed by atoms with Crippen LogP contribution in [0.1, 0.15) is 31.2 Å². The predicted octanol–water partition coefficient (Wildman–Crippen LogP) is 0.735. The van der Waals surface area contributed by atoms with Crippen molar-refractivity contribution in [2.75, 3.05) is 0 Å². The summed E-state index contributed by atoms with van der Waals surface area (Å²) in [6.07, 6.45) is 3.73. The largest absolute Gasteiger partial charge is 0.488 e. The molecule has 1 heterocycles. The minimum Gasteiger partial charge on any atom is -0.423 e. The number of nitrogens with zero attached hydrogens (tertiary/aromatic N) is 2. The van der Waals surface area contributed by atoms with E-state index in [2.05, 4.69) is 23.4 Å². The highest BCUT2D eigenvalue weighted by atomic mass is 16.4. The zero-order valence-corrected chi connectivity index (χ0v) is 10.6. The van der Waals surface area contributed by atoms with E-state index in [1.807, 2.05) is 18.3 Å². The Morgan fingerprint density at radius 2 is 2.11 bits per heavy atom. The van der Waals surface area contributed by atoms with Gasteiger partial charge in [-0.3, -0.25) is 0 Å². The smallest absolute Gasteiger partial charge is 0.423 e. The van der Waals surface area contributed by atoms with Gasteiger partial charge in [-0.2, -0.15) is 0 Å². The molecule has 0 aliphatic rings. The summed E-state index contributed by atoms with van der Waals surface area (Å²) in [7, 11) is -1.42. The summed E-state index contributed by atoms with van der Waals surface area (Å²) in [5.41, 5.74) is 1.54. The van der Waals surface area contributed by atoms with Crippen molar-refractivity contribution in [1.29, 1.82) is 0 Å². The second kappa shape index (κ2) is 5.37. The van der Waals surface area contributed by atoms with E-state index >= 15 is 0 Å². The van der Waals surface area contributed by atoms with E-state index in [1.54, 1.807) is 18.3 Å². The second-order valence-electron chi connectivity index (χ2n) is 4.69. The Balaban J connectivity index is 2.23. The van der Waals surface area contributed by atoms with Gasteiger partial charge in [0, 0.05) is 24.9 Å². The normalized spacial score (nSPS) is 10.9. The molecule has 2 N–H and O–H groups in total. The average Bonchev–Trinajstić information content (AvgIpc) is 2.77. The Morgan fingerprint density at radius 3 is 2.78 bits per heavy atom. The summed E-state index contributed by atoms with van der Waals surface area (Å²) in [5, 5.41) is 18.3. The van der Waals surface area contributed by atoms with Crippen molar-refractivity contribution in [2.24, 2.45) is 0 Å². The first-order chi connectivity index (χ1) is 8.58. The highest BCUT2D eigenvalue weighted by Gasteiger charge is 2.12. The third-order valence-electron chi connectivity index (χ3n) is 2.87. The fraction of sp³-hybridized carbons (Fsp3) is 0.308. The molecule has 0 saturated heterocycles. The van der Waals surface area contributed by atoms with Gasteiger partial charge >= 0.3 is 7.12 Å². The lowest BCUT2D eigenvalue weighted by Crippen LogP contribution is -2.30. The van der Waals surface area contributed by atoms with Crippen LogP contribution in [0.5, 0.6) is 0 Å². The molecule has 0 aliphatic heterocycles. The number of hydrogen-bond donors (Lipinski definition) is 2. The Bertz CT molecular complexity index is 523. The minimum atomic E-state index is -1.42. The molecule has 1 aromatic carbocycles. The zero-order chi connectivity index (χ0) is 13.1. The maximum Gasteiger partial charge on any atom is 0.488 e. The van der Waals surface area contributed by atoms with Crippen LogP contribution in [-0.4, -0.2) is 26.7 Å². The lowest BCUT2D eigenvalue weighted by atomic mass is 9.79. The molecule has 0 spiro atoms. The van der Waals surface area contributed by atoms with E-state index in [0.717, 1.165) is 11.4 Å². The molecule has 0 amide bonds. The van der Waals surface area contributed by atoms with Crippen LogP contribution in [0.4, 0.5) is 0 Å². The minimum absolute atomic E-state index is 0.367. The Hall–Kier alpha value is -1.59. The van der Waals surface area contributed by atoms with Gasteiger partial charge in [0.05, 0.1) is 0 Å². The third-order valence-corrected chi connectivity index (χ3v) is 2.87. The van der Waals surface area contributed by atoms with Gasteiger partial charge in [-0.15, -0.1) is 0 Å². The molecule has 0 saturated carbocycles.